The number of halogens is 2. The number of benzene rings is 2. The minimum atomic E-state index is -1.31. The van der Waals surface area contributed by atoms with Gasteiger partial charge in [-0.05, 0) is 48.6 Å². The number of hydrogen-bond donors (Lipinski definition) is 1. The van der Waals surface area contributed by atoms with E-state index in [-0.39, 0.29) is 18.3 Å². The summed E-state index contributed by atoms with van der Waals surface area (Å²) in [6.07, 6.45) is 0.190. The van der Waals surface area contributed by atoms with E-state index in [4.69, 9.17) is 4.74 Å². The molecule has 2 aromatic carbocycles. The van der Waals surface area contributed by atoms with Gasteiger partial charge in [-0.25, -0.2) is 13.6 Å². The predicted molar refractivity (Wildman–Crippen MR) is 107 cm³/mol. The first-order valence-corrected chi connectivity index (χ1v) is 10.2. The first kappa shape index (κ1) is 19.8. The summed E-state index contributed by atoms with van der Waals surface area (Å²) in [6.45, 7) is 1.25. The Morgan fingerprint density at radius 3 is 2.59 bits per heavy atom. The molecule has 1 aliphatic heterocycles. The van der Waals surface area contributed by atoms with Gasteiger partial charge in [0.05, 0.1) is 0 Å². The molecule has 1 aliphatic carbocycles. The molecule has 154 valence electrons. The minimum Gasteiger partial charge on any atom is -0.444 e. The number of piperidine rings is 1. The van der Waals surface area contributed by atoms with E-state index in [2.05, 4.69) is 5.32 Å². The van der Waals surface area contributed by atoms with E-state index >= 15 is 0 Å². The lowest BCUT2D eigenvalue weighted by Gasteiger charge is -2.34. The minimum absolute atomic E-state index is 0.153. The molecule has 4 rings (SSSR count). The molecule has 2 fully saturated rings. The third kappa shape index (κ3) is 5.12. The van der Waals surface area contributed by atoms with Gasteiger partial charge in [-0.3, -0.25) is 4.90 Å². The Balaban J connectivity index is 1.18. The number of hydrogen-bond acceptors (Lipinski definition) is 3. The molecule has 1 heterocycles. The molecule has 1 saturated carbocycles. The Morgan fingerprint density at radius 1 is 1.10 bits per heavy atom. The molecule has 2 aromatic rings. The highest BCUT2D eigenvalue weighted by Crippen LogP contribution is 2.41. The maximum absolute atomic E-state index is 14.6. The van der Waals surface area contributed by atoms with Gasteiger partial charge in [-0.15, -0.1) is 0 Å². The highest BCUT2D eigenvalue weighted by molar-refractivity contribution is 5.68. The van der Waals surface area contributed by atoms with Gasteiger partial charge in [0.2, 0.25) is 0 Å². The molecule has 0 spiro atoms. The molecule has 1 saturated heterocycles. The summed E-state index contributed by atoms with van der Waals surface area (Å²) in [5.41, 5.74) is 2.03. The number of carbonyl (C=O) groups is 1. The highest BCUT2D eigenvalue weighted by Gasteiger charge is 2.39. The van der Waals surface area contributed by atoms with Crippen molar-refractivity contribution < 1.29 is 18.3 Å². The van der Waals surface area contributed by atoms with Crippen molar-refractivity contribution in [2.24, 2.45) is 5.92 Å². The fraction of sp³-hybridized carbons (Fsp3) is 0.435. The lowest BCUT2D eigenvalue weighted by atomic mass is 9.96. The zero-order valence-corrected chi connectivity index (χ0v) is 16.3. The van der Waals surface area contributed by atoms with Gasteiger partial charge >= 0.3 is 6.09 Å². The molecule has 1 amide bonds. The molecule has 29 heavy (non-hydrogen) atoms. The molecule has 1 N–H and O–H groups in total. The van der Waals surface area contributed by atoms with E-state index in [0.717, 1.165) is 30.5 Å². The maximum Gasteiger partial charge on any atom is 0.412 e. The number of carbonyl (C=O) groups excluding carboxylic acids is 1. The van der Waals surface area contributed by atoms with Crippen LogP contribution in [0.15, 0.2) is 54.6 Å². The van der Waals surface area contributed by atoms with E-state index in [1.165, 1.54) is 17.0 Å². The van der Waals surface area contributed by atoms with Crippen molar-refractivity contribution >= 4 is 6.09 Å². The number of alkyl halides is 1. The third-order valence-corrected chi connectivity index (χ3v) is 5.84. The summed E-state index contributed by atoms with van der Waals surface area (Å²) >= 11 is 0. The summed E-state index contributed by atoms with van der Waals surface area (Å²) in [4.78, 5) is 13.4. The lowest BCUT2D eigenvalue weighted by Crippen LogP contribution is -2.46. The van der Waals surface area contributed by atoms with Crippen LogP contribution in [0.3, 0.4) is 0 Å². The van der Waals surface area contributed by atoms with Crippen LogP contribution in [-0.4, -0.2) is 36.4 Å². The van der Waals surface area contributed by atoms with Crippen LogP contribution in [0.1, 0.15) is 36.3 Å². The Hall–Kier alpha value is -2.47. The molecule has 4 atom stereocenters. The average molecular weight is 400 g/mol. The molecule has 6 heteroatoms. The summed E-state index contributed by atoms with van der Waals surface area (Å²) in [5.74, 6) is 0.379. The molecular weight excluding hydrogens is 374 g/mol. The Morgan fingerprint density at radius 2 is 1.86 bits per heavy atom. The predicted octanol–water partition coefficient (Wildman–Crippen LogP) is 4.62. The van der Waals surface area contributed by atoms with Gasteiger partial charge in [-0.1, -0.05) is 42.5 Å². The maximum atomic E-state index is 14.6. The second kappa shape index (κ2) is 8.91. The van der Waals surface area contributed by atoms with Gasteiger partial charge < -0.3 is 10.1 Å². The average Bonchev–Trinajstić information content (AvgIpc) is 3.51. The van der Waals surface area contributed by atoms with Crippen molar-refractivity contribution in [3.8, 4) is 0 Å². The number of nitrogens with zero attached hydrogens (tertiary/aromatic N) is 1. The second-order valence-corrected chi connectivity index (χ2v) is 7.97. The summed E-state index contributed by atoms with van der Waals surface area (Å²) in [6, 6.07) is 16.4. The number of rotatable bonds is 6. The monoisotopic (exact) mass is 400 g/mol. The van der Waals surface area contributed by atoms with Crippen molar-refractivity contribution in [2.45, 2.75) is 44.1 Å². The second-order valence-electron chi connectivity index (χ2n) is 7.97. The van der Waals surface area contributed by atoms with Crippen LogP contribution in [0.2, 0.25) is 0 Å². The molecule has 4 nitrogen and oxygen atoms in total. The largest absolute Gasteiger partial charge is 0.444 e. The van der Waals surface area contributed by atoms with Gasteiger partial charge in [0.15, 0.2) is 6.30 Å². The van der Waals surface area contributed by atoms with E-state index in [9.17, 15) is 13.6 Å². The lowest BCUT2D eigenvalue weighted by molar-refractivity contribution is 0.00934. The number of amides is 1. The van der Waals surface area contributed by atoms with Crippen LogP contribution in [-0.2, 0) is 11.3 Å². The van der Waals surface area contributed by atoms with Gasteiger partial charge in [0.1, 0.15) is 12.4 Å². The van der Waals surface area contributed by atoms with Crippen molar-refractivity contribution in [3.05, 3.63) is 71.5 Å². The van der Waals surface area contributed by atoms with Crippen LogP contribution in [0.25, 0.3) is 0 Å². The van der Waals surface area contributed by atoms with E-state index < -0.39 is 12.4 Å². The summed E-state index contributed by atoms with van der Waals surface area (Å²) in [7, 11) is 0. The van der Waals surface area contributed by atoms with Crippen molar-refractivity contribution in [1.82, 2.24) is 10.2 Å². The van der Waals surface area contributed by atoms with Crippen LogP contribution < -0.4 is 5.32 Å². The SMILES string of the molecule is O=C(OCc1ccccc1)N1CCC(CN[C@@H]2C[C@H]2c2ccc(F)cc2)CC1F. The fourth-order valence-corrected chi connectivity index (χ4v) is 3.99. The molecular formula is C23H26F2N2O2. The van der Waals surface area contributed by atoms with Gasteiger partial charge in [0, 0.05) is 24.9 Å². The highest BCUT2D eigenvalue weighted by atomic mass is 19.1. The Bertz CT molecular complexity index is 815. The third-order valence-electron chi connectivity index (χ3n) is 5.84. The molecule has 0 aromatic heterocycles. The molecule has 0 radical (unpaired) electrons. The zero-order chi connectivity index (χ0) is 20.2. The fourth-order valence-electron chi connectivity index (χ4n) is 3.99. The number of nitrogens with one attached hydrogen (secondary N) is 1. The topological polar surface area (TPSA) is 41.6 Å². The van der Waals surface area contributed by atoms with Crippen LogP contribution in [0, 0.1) is 11.7 Å². The molecule has 0 bridgehead atoms. The zero-order valence-electron chi connectivity index (χ0n) is 16.3. The standard InChI is InChI=1S/C23H26F2N2O2/c24-19-8-6-18(7-9-19)20-13-21(20)26-14-17-10-11-27(22(25)12-17)23(28)29-15-16-4-2-1-3-5-16/h1-9,17,20-22,26H,10-15H2/t17?,20-,21+,22?/m0/s1. The smallest absolute Gasteiger partial charge is 0.412 e. The Kier molecular flexibility index (Phi) is 6.09. The first-order chi connectivity index (χ1) is 14.1. The van der Waals surface area contributed by atoms with Crippen LogP contribution in [0.4, 0.5) is 13.6 Å². The van der Waals surface area contributed by atoms with E-state index in [1.54, 1.807) is 0 Å². The normalized spacial score (nSPS) is 26.2. The summed E-state index contributed by atoms with van der Waals surface area (Å²) in [5, 5.41) is 3.51. The van der Waals surface area contributed by atoms with E-state index in [1.807, 2.05) is 42.5 Å². The van der Waals surface area contributed by atoms with Crippen molar-refractivity contribution in [1.29, 1.82) is 0 Å². The van der Waals surface area contributed by atoms with Gasteiger partial charge in [-0.2, -0.15) is 0 Å². The molecule has 2 unspecified atom stereocenters. The quantitative estimate of drug-likeness (QED) is 0.720. The molecule has 2 aliphatic rings. The van der Waals surface area contributed by atoms with Crippen LogP contribution in [0.5, 0.6) is 0 Å². The number of ether oxygens (including phenoxy) is 1. The number of likely N-dealkylation sites (tertiary alicyclic amines) is 1. The van der Waals surface area contributed by atoms with Crippen molar-refractivity contribution in [3.63, 3.8) is 0 Å². The Labute approximate surface area is 169 Å². The summed E-state index contributed by atoms with van der Waals surface area (Å²) < 4.78 is 32.8. The van der Waals surface area contributed by atoms with Crippen LogP contribution >= 0.6 is 0 Å². The first-order valence-electron chi connectivity index (χ1n) is 10.2. The van der Waals surface area contributed by atoms with Gasteiger partial charge in [0.25, 0.3) is 0 Å². The van der Waals surface area contributed by atoms with E-state index in [0.29, 0.717) is 24.9 Å². The van der Waals surface area contributed by atoms with Crippen molar-refractivity contribution in [2.75, 3.05) is 13.1 Å².